The molecular weight excluding hydrogens is 204 g/mol. The quantitative estimate of drug-likeness (QED) is 0.710. The number of rotatable bonds is 6. The van der Waals surface area contributed by atoms with Gasteiger partial charge in [0.2, 0.25) is 5.91 Å². The molecule has 1 aliphatic carbocycles. The fourth-order valence-electron chi connectivity index (χ4n) is 2.43. The summed E-state index contributed by atoms with van der Waals surface area (Å²) >= 11 is 0. The first kappa shape index (κ1) is 13.5. The molecule has 0 aliphatic heterocycles. The van der Waals surface area contributed by atoms with Gasteiger partial charge in [-0.15, -0.1) is 0 Å². The van der Waals surface area contributed by atoms with Gasteiger partial charge in [0, 0.05) is 26.2 Å². The van der Waals surface area contributed by atoms with Crippen molar-refractivity contribution in [3.8, 4) is 0 Å². The van der Waals surface area contributed by atoms with Crippen LogP contribution in [0.2, 0.25) is 0 Å². The first-order chi connectivity index (χ1) is 7.67. The third-order valence-electron chi connectivity index (χ3n) is 3.29. The minimum absolute atomic E-state index is 0.134. The zero-order valence-corrected chi connectivity index (χ0v) is 10.4. The molecule has 0 radical (unpaired) electrons. The van der Waals surface area contributed by atoms with Crippen LogP contribution < -0.4 is 11.1 Å². The topological polar surface area (TPSA) is 64.3 Å². The van der Waals surface area contributed by atoms with E-state index in [9.17, 15) is 4.79 Å². The fraction of sp³-hybridized carbons (Fsp3) is 0.917. The standard InChI is InChI=1S/C12H24N2O2/c1-9(8-16-2)6-12(15)14-11-5-3-4-10(11)7-13/h9-11H,3-8,13H2,1-2H3,(H,14,15). The molecule has 1 rings (SSSR count). The van der Waals surface area contributed by atoms with Gasteiger partial charge in [0.15, 0.2) is 0 Å². The van der Waals surface area contributed by atoms with E-state index in [0.717, 1.165) is 12.8 Å². The second kappa shape index (κ2) is 6.86. The van der Waals surface area contributed by atoms with Gasteiger partial charge >= 0.3 is 0 Å². The Hall–Kier alpha value is -0.610. The number of carbonyl (C=O) groups is 1. The van der Waals surface area contributed by atoms with E-state index in [2.05, 4.69) is 5.32 Å². The number of amides is 1. The largest absolute Gasteiger partial charge is 0.384 e. The van der Waals surface area contributed by atoms with Crippen LogP contribution in [0, 0.1) is 11.8 Å². The van der Waals surface area contributed by atoms with Crippen molar-refractivity contribution in [2.24, 2.45) is 17.6 Å². The maximum atomic E-state index is 11.7. The molecule has 3 unspecified atom stereocenters. The molecule has 16 heavy (non-hydrogen) atoms. The Morgan fingerprint density at radius 1 is 1.56 bits per heavy atom. The zero-order valence-electron chi connectivity index (χ0n) is 10.4. The lowest BCUT2D eigenvalue weighted by Gasteiger charge is -2.20. The van der Waals surface area contributed by atoms with Crippen LogP contribution in [0.1, 0.15) is 32.6 Å². The fourth-order valence-corrected chi connectivity index (χ4v) is 2.43. The molecule has 0 heterocycles. The maximum Gasteiger partial charge on any atom is 0.220 e. The van der Waals surface area contributed by atoms with E-state index in [-0.39, 0.29) is 11.8 Å². The summed E-state index contributed by atoms with van der Waals surface area (Å²) in [4.78, 5) is 11.7. The van der Waals surface area contributed by atoms with Crippen LogP contribution in [0.5, 0.6) is 0 Å². The number of nitrogens with one attached hydrogen (secondary N) is 1. The highest BCUT2D eigenvalue weighted by atomic mass is 16.5. The molecule has 3 N–H and O–H groups in total. The van der Waals surface area contributed by atoms with Crippen LogP contribution in [-0.4, -0.2) is 32.2 Å². The Kier molecular flexibility index (Phi) is 5.77. The number of nitrogens with two attached hydrogens (primary N) is 1. The van der Waals surface area contributed by atoms with Gasteiger partial charge in [0.1, 0.15) is 0 Å². The molecule has 4 heteroatoms. The summed E-state index contributed by atoms with van der Waals surface area (Å²) in [6.45, 7) is 3.34. The zero-order chi connectivity index (χ0) is 12.0. The predicted octanol–water partition coefficient (Wildman–Crippen LogP) is 0.903. The second-order valence-electron chi connectivity index (χ2n) is 4.87. The van der Waals surface area contributed by atoms with Crippen molar-refractivity contribution in [3.63, 3.8) is 0 Å². The lowest BCUT2D eigenvalue weighted by molar-refractivity contribution is -0.123. The van der Waals surface area contributed by atoms with Crippen molar-refractivity contribution in [2.45, 2.75) is 38.6 Å². The van der Waals surface area contributed by atoms with E-state index >= 15 is 0 Å². The van der Waals surface area contributed by atoms with Gasteiger partial charge in [-0.1, -0.05) is 13.3 Å². The monoisotopic (exact) mass is 228 g/mol. The summed E-state index contributed by atoms with van der Waals surface area (Å²) in [5.74, 6) is 0.888. The molecule has 0 saturated heterocycles. The number of ether oxygens (including phenoxy) is 1. The Morgan fingerprint density at radius 3 is 2.94 bits per heavy atom. The normalized spacial score (nSPS) is 26.7. The van der Waals surface area contributed by atoms with Gasteiger partial charge in [-0.2, -0.15) is 0 Å². The van der Waals surface area contributed by atoms with Crippen LogP contribution in [0.4, 0.5) is 0 Å². The third-order valence-corrected chi connectivity index (χ3v) is 3.29. The SMILES string of the molecule is COCC(C)CC(=O)NC1CCCC1CN. The van der Waals surface area contributed by atoms with Crippen LogP contribution in [0.3, 0.4) is 0 Å². The third kappa shape index (κ3) is 4.10. The maximum absolute atomic E-state index is 11.7. The van der Waals surface area contributed by atoms with E-state index in [1.165, 1.54) is 6.42 Å². The van der Waals surface area contributed by atoms with Crippen molar-refractivity contribution >= 4 is 5.91 Å². The highest BCUT2D eigenvalue weighted by Gasteiger charge is 2.27. The molecule has 0 aromatic rings. The number of carbonyl (C=O) groups excluding carboxylic acids is 1. The summed E-state index contributed by atoms with van der Waals surface area (Å²) in [7, 11) is 1.66. The summed E-state index contributed by atoms with van der Waals surface area (Å²) in [5.41, 5.74) is 5.68. The van der Waals surface area contributed by atoms with Gasteiger partial charge in [-0.25, -0.2) is 0 Å². The van der Waals surface area contributed by atoms with Crippen LogP contribution >= 0.6 is 0 Å². The smallest absolute Gasteiger partial charge is 0.220 e. The van der Waals surface area contributed by atoms with E-state index in [1.807, 2.05) is 6.92 Å². The van der Waals surface area contributed by atoms with Crippen LogP contribution in [0.25, 0.3) is 0 Å². The van der Waals surface area contributed by atoms with E-state index in [1.54, 1.807) is 7.11 Å². The van der Waals surface area contributed by atoms with Gasteiger partial charge in [0.05, 0.1) is 0 Å². The summed E-state index contributed by atoms with van der Waals surface area (Å²) in [5, 5.41) is 3.09. The number of hydrogen-bond acceptors (Lipinski definition) is 3. The average Bonchev–Trinajstić information content (AvgIpc) is 2.65. The summed E-state index contributed by atoms with van der Waals surface area (Å²) in [6.07, 6.45) is 3.95. The lowest BCUT2D eigenvalue weighted by atomic mass is 10.0. The van der Waals surface area contributed by atoms with Crippen molar-refractivity contribution in [2.75, 3.05) is 20.3 Å². The summed E-state index contributed by atoms with van der Waals surface area (Å²) < 4.78 is 5.02. The lowest BCUT2D eigenvalue weighted by Crippen LogP contribution is -2.40. The van der Waals surface area contributed by atoms with Crippen molar-refractivity contribution < 1.29 is 9.53 Å². The van der Waals surface area contributed by atoms with Crippen molar-refractivity contribution in [1.82, 2.24) is 5.32 Å². The predicted molar refractivity (Wildman–Crippen MR) is 64.0 cm³/mol. The van der Waals surface area contributed by atoms with Crippen molar-refractivity contribution in [1.29, 1.82) is 0 Å². The highest BCUT2D eigenvalue weighted by molar-refractivity contribution is 5.76. The minimum atomic E-state index is 0.134. The van der Waals surface area contributed by atoms with Crippen molar-refractivity contribution in [3.05, 3.63) is 0 Å². The second-order valence-corrected chi connectivity index (χ2v) is 4.87. The first-order valence-electron chi connectivity index (χ1n) is 6.15. The molecule has 1 amide bonds. The Bertz CT molecular complexity index is 221. The molecule has 4 nitrogen and oxygen atoms in total. The number of hydrogen-bond donors (Lipinski definition) is 2. The minimum Gasteiger partial charge on any atom is -0.384 e. The van der Waals surface area contributed by atoms with Gasteiger partial charge < -0.3 is 15.8 Å². The molecular formula is C12H24N2O2. The van der Waals surface area contributed by atoms with Gasteiger partial charge in [-0.05, 0) is 31.2 Å². The van der Waals surface area contributed by atoms with E-state index < -0.39 is 0 Å². The van der Waals surface area contributed by atoms with Crippen LogP contribution in [0.15, 0.2) is 0 Å². The first-order valence-corrected chi connectivity index (χ1v) is 6.15. The molecule has 1 saturated carbocycles. The summed E-state index contributed by atoms with van der Waals surface area (Å²) in [6, 6.07) is 0.298. The molecule has 1 aliphatic rings. The van der Waals surface area contributed by atoms with E-state index in [0.29, 0.717) is 31.5 Å². The van der Waals surface area contributed by atoms with E-state index in [4.69, 9.17) is 10.5 Å². The molecule has 0 aromatic carbocycles. The molecule has 0 aromatic heterocycles. The Morgan fingerprint density at radius 2 is 2.31 bits per heavy atom. The number of methoxy groups -OCH3 is 1. The van der Waals surface area contributed by atoms with Gasteiger partial charge in [0.25, 0.3) is 0 Å². The highest BCUT2D eigenvalue weighted by Crippen LogP contribution is 2.24. The van der Waals surface area contributed by atoms with Gasteiger partial charge in [-0.3, -0.25) is 4.79 Å². The van der Waals surface area contributed by atoms with Crippen LogP contribution in [-0.2, 0) is 9.53 Å². The molecule has 94 valence electrons. The Balaban J connectivity index is 2.28. The molecule has 3 atom stereocenters. The molecule has 0 bridgehead atoms. The molecule has 0 spiro atoms. The molecule has 1 fully saturated rings. The average molecular weight is 228 g/mol. The Labute approximate surface area is 97.9 Å².